The molecular weight excluding hydrogens is 451 g/mol. The molecule has 1 saturated heterocycles. The quantitative estimate of drug-likeness (QED) is 0.576. The molecule has 1 N–H and O–H groups in total. The van der Waals surface area contributed by atoms with Gasteiger partial charge in [0.25, 0.3) is 5.91 Å². The molecule has 2 aromatic carbocycles. The topological polar surface area (TPSA) is 112 Å². The van der Waals surface area contributed by atoms with E-state index in [1.165, 1.54) is 44.5 Å². The van der Waals surface area contributed by atoms with Crippen LogP contribution in [0.5, 0.6) is 5.75 Å². The summed E-state index contributed by atoms with van der Waals surface area (Å²) in [5.74, 6) is -0.682. The number of nitrogens with zero attached hydrogens (tertiary/aromatic N) is 3. The average Bonchev–Trinajstić information content (AvgIpc) is 2.84. The van der Waals surface area contributed by atoms with Crippen molar-refractivity contribution in [2.45, 2.75) is 4.90 Å². The number of ether oxygens (including phenoxy) is 2. The molecule has 1 aliphatic rings. The van der Waals surface area contributed by atoms with Gasteiger partial charge in [0.15, 0.2) is 0 Å². The second-order valence-electron chi connectivity index (χ2n) is 7.26. The van der Waals surface area contributed by atoms with Crippen molar-refractivity contribution in [1.29, 1.82) is 5.26 Å². The van der Waals surface area contributed by atoms with E-state index in [-0.39, 0.29) is 34.3 Å². The van der Waals surface area contributed by atoms with Crippen LogP contribution in [0, 0.1) is 17.1 Å². The second-order valence-corrected chi connectivity index (χ2v) is 9.15. The molecule has 1 fully saturated rings. The third kappa shape index (κ3) is 5.60. The summed E-state index contributed by atoms with van der Waals surface area (Å²) < 4.78 is 51.3. The molecule has 11 heteroatoms. The van der Waals surface area contributed by atoms with Crippen LogP contribution >= 0.6 is 0 Å². The molecule has 0 radical (unpaired) electrons. The zero-order valence-corrected chi connectivity index (χ0v) is 19.2. The van der Waals surface area contributed by atoms with Crippen molar-refractivity contribution in [2.75, 3.05) is 58.5 Å². The fraction of sp³-hybridized carbons (Fsp3) is 0.364. The number of hydrogen-bond donors (Lipinski definition) is 1. The number of benzene rings is 2. The van der Waals surface area contributed by atoms with Crippen LogP contribution < -0.4 is 14.4 Å². The number of methoxy groups -OCH3 is 1. The number of rotatable bonds is 8. The van der Waals surface area contributed by atoms with Crippen molar-refractivity contribution in [3.8, 4) is 11.8 Å². The first-order valence-corrected chi connectivity index (χ1v) is 11.7. The Kier molecular flexibility index (Phi) is 7.86. The molecule has 0 aromatic heterocycles. The lowest BCUT2D eigenvalue weighted by molar-refractivity contribution is 0.0739. The first-order valence-electron chi connectivity index (χ1n) is 10.2. The van der Waals surface area contributed by atoms with Crippen molar-refractivity contribution in [3.63, 3.8) is 0 Å². The Hall–Kier alpha value is -3.20. The SMILES string of the molecule is CNS(=O)(=O)c1ccc(OCCOC)c(C(=O)N2CCN(c3ccc(C#N)c(F)c3)CC2)c1. The molecule has 0 bridgehead atoms. The highest BCUT2D eigenvalue weighted by molar-refractivity contribution is 7.89. The van der Waals surface area contributed by atoms with Crippen LogP contribution in [-0.2, 0) is 14.8 Å². The number of anilines is 1. The lowest BCUT2D eigenvalue weighted by Crippen LogP contribution is -2.49. The molecule has 0 saturated carbocycles. The Morgan fingerprint density at radius 1 is 1.15 bits per heavy atom. The van der Waals surface area contributed by atoms with Gasteiger partial charge in [-0.05, 0) is 43.4 Å². The molecule has 2 aromatic rings. The van der Waals surface area contributed by atoms with Crippen molar-refractivity contribution >= 4 is 21.6 Å². The molecular formula is C22H25FN4O5S. The van der Waals surface area contributed by atoms with Crippen LogP contribution in [0.1, 0.15) is 15.9 Å². The molecule has 33 heavy (non-hydrogen) atoms. The Bertz CT molecular complexity index is 1160. The highest BCUT2D eigenvalue weighted by Gasteiger charge is 2.26. The number of hydrogen-bond acceptors (Lipinski definition) is 7. The van der Waals surface area contributed by atoms with E-state index in [0.717, 1.165) is 0 Å². The van der Waals surface area contributed by atoms with E-state index < -0.39 is 15.8 Å². The summed E-state index contributed by atoms with van der Waals surface area (Å²) >= 11 is 0. The minimum atomic E-state index is -3.75. The summed E-state index contributed by atoms with van der Waals surface area (Å²) in [6.45, 7) is 2.11. The van der Waals surface area contributed by atoms with Gasteiger partial charge >= 0.3 is 0 Å². The monoisotopic (exact) mass is 476 g/mol. The number of halogens is 1. The average molecular weight is 477 g/mol. The fourth-order valence-corrected chi connectivity index (χ4v) is 4.21. The summed E-state index contributed by atoms with van der Waals surface area (Å²) in [6, 6.07) is 10.4. The summed E-state index contributed by atoms with van der Waals surface area (Å²) in [5.41, 5.74) is 0.745. The van der Waals surface area contributed by atoms with Crippen LogP contribution in [0.3, 0.4) is 0 Å². The number of carbonyl (C=O) groups is 1. The largest absolute Gasteiger partial charge is 0.490 e. The molecule has 3 rings (SSSR count). The summed E-state index contributed by atoms with van der Waals surface area (Å²) in [4.78, 5) is 16.8. The number of nitrogens with one attached hydrogen (secondary N) is 1. The van der Waals surface area contributed by atoms with Crippen LogP contribution in [0.25, 0.3) is 0 Å². The zero-order chi connectivity index (χ0) is 24.0. The third-order valence-corrected chi connectivity index (χ3v) is 6.72. The highest BCUT2D eigenvalue weighted by atomic mass is 32.2. The lowest BCUT2D eigenvalue weighted by atomic mass is 10.1. The maximum Gasteiger partial charge on any atom is 0.257 e. The standard InChI is InChI=1S/C22H25FN4O5S/c1-25-33(29,30)18-5-6-21(32-12-11-31-2)19(14-18)22(28)27-9-7-26(8-10-27)17-4-3-16(15-24)20(23)13-17/h3-6,13-14,25H,7-12H2,1-2H3. The molecule has 0 spiro atoms. The van der Waals surface area contributed by atoms with E-state index >= 15 is 0 Å². The molecule has 0 aliphatic carbocycles. The first-order chi connectivity index (χ1) is 15.8. The van der Waals surface area contributed by atoms with Gasteiger partial charge in [-0.2, -0.15) is 5.26 Å². The highest BCUT2D eigenvalue weighted by Crippen LogP contribution is 2.26. The van der Waals surface area contributed by atoms with Gasteiger partial charge in [0, 0.05) is 39.0 Å². The van der Waals surface area contributed by atoms with Gasteiger partial charge in [-0.15, -0.1) is 0 Å². The molecule has 0 unspecified atom stereocenters. The van der Waals surface area contributed by atoms with E-state index in [1.807, 2.05) is 4.90 Å². The molecule has 1 amide bonds. The van der Waals surface area contributed by atoms with Crippen molar-refractivity contribution < 1.29 is 27.1 Å². The number of nitriles is 1. The van der Waals surface area contributed by atoms with Crippen molar-refractivity contribution in [2.24, 2.45) is 0 Å². The fourth-order valence-electron chi connectivity index (χ4n) is 3.45. The van der Waals surface area contributed by atoms with E-state index in [9.17, 15) is 17.6 Å². The Morgan fingerprint density at radius 3 is 2.48 bits per heavy atom. The Balaban J connectivity index is 1.79. The van der Waals surface area contributed by atoms with E-state index in [0.29, 0.717) is 38.5 Å². The molecule has 176 valence electrons. The van der Waals surface area contributed by atoms with Gasteiger partial charge in [0.1, 0.15) is 24.2 Å². The zero-order valence-electron chi connectivity index (χ0n) is 18.4. The number of carbonyl (C=O) groups excluding carboxylic acids is 1. The third-order valence-electron chi connectivity index (χ3n) is 5.31. The molecule has 1 aliphatic heterocycles. The van der Waals surface area contributed by atoms with Gasteiger partial charge in [0.05, 0.1) is 22.6 Å². The summed E-state index contributed by atoms with van der Waals surface area (Å²) in [7, 11) is -0.927. The summed E-state index contributed by atoms with van der Waals surface area (Å²) in [5, 5.41) is 8.89. The Labute approximate surface area is 192 Å². The smallest absolute Gasteiger partial charge is 0.257 e. The first kappa shape index (κ1) is 24.4. The van der Waals surface area contributed by atoms with E-state index in [4.69, 9.17) is 14.7 Å². The molecule has 9 nitrogen and oxygen atoms in total. The number of sulfonamides is 1. The molecule has 1 heterocycles. The summed E-state index contributed by atoms with van der Waals surface area (Å²) in [6.07, 6.45) is 0. The number of piperazine rings is 1. The Morgan fingerprint density at radius 2 is 1.88 bits per heavy atom. The maximum absolute atomic E-state index is 14.0. The lowest BCUT2D eigenvalue weighted by Gasteiger charge is -2.36. The van der Waals surface area contributed by atoms with Gasteiger partial charge in [-0.3, -0.25) is 4.79 Å². The van der Waals surface area contributed by atoms with Gasteiger partial charge in [-0.1, -0.05) is 0 Å². The molecule has 0 atom stereocenters. The minimum Gasteiger partial charge on any atom is -0.490 e. The van der Waals surface area contributed by atoms with Crippen molar-refractivity contribution in [1.82, 2.24) is 9.62 Å². The maximum atomic E-state index is 14.0. The van der Waals surface area contributed by atoms with Crippen molar-refractivity contribution in [3.05, 3.63) is 53.3 Å². The predicted molar refractivity (Wildman–Crippen MR) is 119 cm³/mol. The van der Waals surface area contributed by atoms with Crippen LogP contribution in [0.4, 0.5) is 10.1 Å². The van der Waals surface area contributed by atoms with Crippen LogP contribution in [0.15, 0.2) is 41.3 Å². The van der Waals surface area contributed by atoms with Gasteiger partial charge in [0.2, 0.25) is 10.0 Å². The van der Waals surface area contributed by atoms with E-state index in [1.54, 1.807) is 17.0 Å². The minimum absolute atomic E-state index is 0.0232. The normalized spacial score (nSPS) is 14.1. The predicted octanol–water partition coefficient (Wildman–Crippen LogP) is 1.59. The van der Waals surface area contributed by atoms with E-state index in [2.05, 4.69) is 4.72 Å². The van der Waals surface area contributed by atoms with Crippen LogP contribution in [-0.4, -0.2) is 72.8 Å². The second kappa shape index (κ2) is 10.6. The van der Waals surface area contributed by atoms with Gasteiger partial charge < -0.3 is 19.3 Å². The number of amides is 1. The van der Waals surface area contributed by atoms with Crippen LogP contribution in [0.2, 0.25) is 0 Å². The van der Waals surface area contributed by atoms with Gasteiger partial charge in [-0.25, -0.2) is 17.5 Å².